The summed E-state index contributed by atoms with van der Waals surface area (Å²) in [5, 5.41) is 6.94. The molecule has 7 heteroatoms. The van der Waals surface area contributed by atoms with Crippen molar-refractivity contribution in [3.63, 3.8) is 0 Å². The fourth-order valence-electron chi connectivity index (χ4n) is 5.55. The number of carbonyl (C=O) groups is 1. The molecule has 1 saturated carbocycles. The van der Waals surface area contributed by atoms with Crippen LogP contribution in [-0.4, -0.2) is 89.6 Å². The number of nitrogens with one attached hydrogen (secondary N) is 2. The van der Waals surface area contributed by atoms with Gasteiger partial charge in [-0.25, -0.2) is 0 Å². The van der Waals surface area contributed by atoms with Crippen molar-refractivity contribution in [3.05, 3.63) is 29.3 Å². The zero-order valence-corrected chi connectivity index (χ0v) is 21.2. The third-order valence-corrected chi connectivity index (χ3v) is 8.01. The van der Waals surface area contributed by atoms with Crippen LogP contribution in [0, 0.1) is 11.8 Å². The second kappa shape index (κ2) is 12.0. The van der Waals surface area contributed by atoms with Crippen LogP contribution in [0.15, 0.2) is 18.2 Å². The Labute approximate surface area is 204 Å². The van der Waals surface area contributed by atoms with Gasteiger partial charge in [-0.05, 0) is 66.8 Å². The number of piperidine rings is 1. The number of benzene rings is 1. The minimum Gasteiger partial charge on any atom is -0.384 e. The Morgan fingerprint density at radius 3 is 2.59 bits per heavy atom. The van der Waals surface area contributed by atoms with Gasteiger partial charge in [-0.15, -0.1) is 0 Å². The van der Waals surface area contributed by atoms with Crippen molar-refractivity contribution in [1.82, 2.24) is 10.2 Å². The lowest BCUT2D eigenvalue weighted by Crippen LogP contribution is -2.61. The van der Waals surface area contributed by atoms with Gasteiger partial charge in [0, 0.05) is 44.5 Å². The monoisotopic (exact) mass is 473 g/mol. The van der Waals surface area contributed by atoms with Crippen LogP contribution >= 0.6 is 0 Å². The number of Topliss-reactive ketones (excluding diaryl/α,β-unsaturated/α-hetero) is 1. The molecule has 0 radical (unpaired) electrons. The Morgan fingerprint density at radius 2 is 1.82 bits per heavy atom. The van der Waals surface area contributed by atoms with Crippen molar-refractivity contribution < 1.29 is 19.0 Å². The van der Waals surface area contributed by atoms with Gasteiger partial charge in [0.05, 0.1) is 39.1 Å². The Morgan fingerprint density at radius 1 is 1.06 bits per heavy atom. The fourth-order valence-corrected chi connectivity index (χ4v) is 5.55. The molecule has 0 unspecified atom stereocenters. The van der Waals surface area contributed by atoms with E-state index in [1.165, 1.54) is 18.4 Å². The highest BCUT2D eigenvalue weighted by molar-refractivity contribution is 6.04. The van der Waals surface area contributed by atoms with Crippen LogP contribution in [-0.2, 0) is 19.6 Å². The SMILES string of the molecule is COCCOCCOCCNCCNc1ccc2c(c1)[C@]1(C)CCN(CC3CC3)[C@H](C2=O)[C@@H]1C. The molecule has 3 atom stereocenters. The Balaban J connectivity index is 1.22. The van der Waals surface area contributed by atoms with Crippen LogP contribution in [0.5, 0.6) is 0 Å². The standard InChI is InChI=1S/C27H43N3O4/c1-20-25-26(31)23-7-6-22(29-10-9-28-11-13-33-16-17-34-15-14-32-3)18-24(23)27(20,2)8-12-30(25)19-21-4-5-21/h6-7,18,20-21,25,28-29H,4-5,8-17,19H2,1-3H3/t20-,25-,27+/m0/s1. The van der Waals surface area contributed by atoms with E-state index in [0.717, 1.165) is 56.3 Å². The van der Waals surface area contributed by atoms with E-state index in [1.54, 1.807) is 7.11 Å². The lowest BCUT2D eigenvalue weighted by molar-refractivity contribution is 0.0256. The number of anilines is 1. The largest absolute Gasteiger partial charge is 0.384 e. The number of ether oxygens (including phenoxy) is 3. The number of fused-ring (bicyclic) bond motifs is 4. The van der Waals surface area contributed by atoms with Crippen molar-refractivity contribution in [1.29, 1.82) is 0 Å². The van der Waals surface area contributed by atoms with Gasteiger partial charge in [0.25, 0.3) is 0 Å². The average Bonchev–Trinajstić information content (AvgIpc) is 3.65. The first-order valence-electron chi connectivity index (χ1n) is 13.1. The van der Waals surface area contributed by atoms with Gasteiger partial charge in [-0.2, -0.15) is 0 Å². The van der Waals surface area contributed by atoms with E-state index in [2.05, 4.69) is 47.6 Å². The molecule has 3 aliphatic rings. The van der Waals surface area contributed by atoms with E-state index >= 15 is 0 Å². The second-order valence-corrected chi connectivity index (χ2v) is 10.4. The molecule has 2 aliphatic carbocycles. The predicted molar refractivity (Wildman–Crippen MR) is 135 cm³/mol. The number of likely N-dealkylation sites (tertiary alicyclic amines) is 1. The van der Waals surface area contributed by atoms with Gasteiger partial charge in [0.1, 0.15) is 0 Å². The molecule has 2 N–H and O–H groups in total. The highest BCUT2D eigenvalue weighted by Crippen LogP contribution is 2.49. The van der Waals surface area contributed by atoms with Crippen LogP contribution in [0.4, 0.5) is 5.69 Å². The summed E-state index contributed by atoms with van der Waals surface area (Å²) in [5.41, 5.74) is 3.35. The van der Waals surface area contributed by atoms with Crippen LogP contribution in [0.1, 0.15) is 49.0 Å². The van der Waals surface area contributed by atoms with Gasteiger partial charge in [0.15, 0.2) is 5.78 Å². The van der Waals surface area contributed by atoms with E-state index in [0.29, 0.717) is 44.7 Å². The van der Waals surface area contributed by atoms with Crippen LogP contribution < -0.4 is 10.6 Å². The highest BCUT2D eigenvalue weighted by atomic mass is 16.5. The second-order valence-electron chi connectivity index (χ2n) is 10.4. The first kappa shape index (κ1) is 25.6. The summed E-state index contributed by atoms with van der Waals surface area (Å²) in [6, 6.07) is 6.43. The van der Waals surface area contributed by atoms with Gasteiger partial charge in [0.2, 0.25) is 0 Å². The summed E-state index contributed by atoms with van der Waals surface area (Å²) >= 11 is 0. The van der Waals surface area contributed by atoms with Gasteiger partial charge >= 0.3 is 0 Å². The summed E-state index contributed by atoms with van der Waals surface area (Å²) in [5.74, 6) is 1.50. The van der Waals surface area contributed by atoms with Crippen molar-refractivity contribution in [3.8, 4) is 0 Å². The predicted octanol–water partition coefficient (Wildman–Crippen LogP) is 2.94. The Hall–Kier alpha value is -1.51. The zero-order chi connectivity index (χ0) is 24.0. The van der Waals surface area contributed by atoms with E-state index in [4.69, 9.17) is 14.2 Å². The minimum atomic E-state index is 0.0500. The summed E-state index contributed by atoms with van der Waals surface area (Å²) in [7, 11) is 1.67. The smallest absolute Gasteiger partial charge is 0.180 e. The molecule has 1 aliphatic heterocycles. The van der Waals surface area contributed by atoms with E-state index in [1.807, 2.05) is 0 Å². The van der Waals surface area contributed by atoms with E-state index in [9.17, 15) is 4.79 Å². The molecule has 1 aromatic rings. The van der Waals surface area contributed by atoms with Gasteiger partial charge in [-0.3, -0.25) is 9.69 Å². The maximum Gasteiger partial charge on any atom is 0.180 e. The molecule has 0 spiro atoms. The highest BCUT2D eigenvalue weighted by Gasteiger charge is 2.52. The maximum atomic E-state index is 13.5. The lowest BCUT2D eigenvalue weighted by Gasteiger charge is -2.53. The van der Waals surface area contributed by atoms with Crippen LogP contribution in [0.2, 0.25) is 0 Å². The molecule has 1 saturated heterocycles. The molecule has 4 rings (SSSR count). The number of ketones is 1. The molecular weight excluding hydrogens is 430 g/mol. The van der Waals surface area contributed by atoms with Crippen LogP contribution in [0.25, 0.3) is 0 Å². The molecule has 34 heavy (non-hydrogen) atoms. The third kappa shape index (κ3) is 6.00. The van der Waals surface area contributed by atoms with Crippen LogP contribution in [0.3, 0.4) is 0 Å². The topological polar surface area (TPSA) is 72.1 Å². The van der Waals surface area contributed by atoms with E-state index in [-0.39, 0.29) is 11.5 Å². The Bertz CT molecular complexity index is 815. The van der Waals surface area contributed by atoms with E-state index < -0.39 is 0 Å². The number of carbonyl (C=O) groups excluding carboxylic acids is 1. The number of rotatable bonds is 15. The summed E-state index contributed by atoms with van der Waals surface area (Å²) in [4.78, 5) is 16.0. The van der Waals surface area contributed by atoms with Gasteiger partial charge < -0.3 is 24.8 Å². The normalized spacial score (nSPS) is 26.5. The summed E-state index contributed by atoms with van der Waals surface area (Å²) in [6.07, 6.45) is 3.79. The van der Waals surface area contributed by atoms with Crippen molar-refractivity contribution in [2.24, 2.45) is 11.8 Å². The first-order chi connectivity index (χ1) is 16.5. The molecule has 2 fully saturated rings. The molecule has 2 bridgehead atoms. The maximum absolute atomic E-state index is 13.5. The number of hydrogen-bond acceptors (Lipinski definition) is 7. The minimum absolute atomic E-state index is 0.0500. The van der Waals surface area contributed by atoms with Crippen molar-refractivity contribution in [2.45, 2.75) is 44.6 Å². The zero-order valence-electron chi connectivity index (χ0n) is 21.2. The molecule has 1 heterocycles. The third-order valence-electron chi connectivity index (χ3n) is 8.01. The molecule has 7 nitrogen and oxygen atoms in total. The summed E-state index contributed by atoms with van der Waals surface area (Å²) < 4.78 is 15.9. The molecule has 0 amide bonds. The number of hydrogen-bond donors (Lipinski definition) is 2. The summed E-state index contributed by atoms with van der Waals surface area (Å²) in [6.45, 7) is 12.4. The number of methoxy groups -OCH3 is 1. The Kier molecular flexibility index (Phi) is 8.99. The average molecular weight is 474 g/mol. The number of nitrogens with zero attached hydrogens (tertiary/aromatic N) is 1. The quantitative estimate of drug-likeness (QED) is 0.380. The fraction of sp³-hybridized carbons (Fsp3) is 0.741. The van der Waals surface area contributed by atoms with Gasteiger partial charge in [-0.1, -0.05) is 13.8 Å². The van der Waals surface area contributed by atoms with Crippen molar-refractivity contribution in [2.75, 3.05) is 78.2 Å². The molecule has 0 aromatic heterocycles. The van der Waals surface area contributed by atoms with Crippen molar-refractivity contribution >= 4 is 11.5 Å². The molecular formula is C27H43N3O4. The lowest BCUT2D eigenvalue weighted by atomic mass is 9.58. The first-order valence-corrected chi connectivity index (χ1v) is 13.1. The molecule has 1 aromatic carbocycles. The molecule has 190 valence electrons.